The summed E-state index contributed by atoms with van der Waals surface area (Å²) in [5.74, 6) is -1.04. The fraction of sp³-hybridized carbons (Fsp3) is 0.828. The molecular formula is C29H59N3O4. The standard InChI is InChI=1S/C18H36N2O2.C8H19N.C3H4O2/c1-3-5-6-7-8-9-10-11-12-13-16-20-18(22)15-14-17(21)19-4-2;1-3-5-7-9-8-6-4-2;1-2-3(4)5/h3-16H2,1-2H3,(H,19,21)(H,20,22);9H,3-8H2,1-2H3;2H,1H2,(H,4,5). The SMILES string of the molecule is C=CC(=O)O.CCCCCCCCCCCCNC(=O)CCC(=O)NCC.CCCCNCCCC. The molecule has 7 heteroatoms. The summed E-state index contributed by atoms with van der Waals surface area (Å²) in [4.78, 5) is 32.0. The van der Waals surface area contributed by atoms with Crippen molar-refractivity contribution in [2.75, 3.05) is 26.2 Å². The predicted molar refractivity (Wildman–Crippen MR) is 153 cm³/mol. The average Bonchev–Trinajstić information content (AvgIpc) is 2.87. The molecule has 214 valence electrons. The van der Waals surface area contributed by atoms with Crippen LogP contribution in [0.2, 0.25) is 0 Å². The Hall–Kier alpha value is -1.89. The molecule has 0 heterocycles. The number of hydrogen-bond acceptors (Lipinski definition) is 4. The molecule has 0 atom stereocenters. The maximum absolute atomic E-state index is 11.5. The molecule has 0 radical (unpaired) electrons. The molecule has 36 heavy (non-hydrogen) atoms. The van der Waals surface area contributed by atoms with Crippen molar-refractivity contribution in [3.8, 4) is 0 Å². The number of carboxylic acids is 1. The van der Waals surface area contributed by atoms with Crippen LogP contribution in [0.15, 0.2) is 12.7 Å². The van der Waals surface area contributed by atoms with E-state index in [4.69, 9.17) is 5.11 Å². The van der Waals surface area contributed by atoms with Crippen molar-refractivity contribution in [1.29, 1.82) is 0 Å². The number of rotatable bonds is 22. The molecule has 0 bridgehead atoms. The van der Waals surface area contributed by atoms with Gasteiger partial charge in [-0.25, -0.2) is 4.79 Å². The molecule has 0 rings (SSSR count). The molecule has 0 saturated heterocycles. The molecule has 0 saturated carbocycles. The van der Waals surface area contributed by atoms with Crippen molar-refractivity contribution in [3.63, 3.8) is 0 Å². The topological polar surface area (TPSA) is 108 Å². The molecule has 7 nitrogen and oxygen atoms in total. The van der Waals surface area contributed by atoms with E-state index >= 15 is 0 Å². The Bertz CT molecular complexity index is 493. The van der Waals surface area contributed by atoms with Crippen LogP contribution in [0.3, 0.4) is 0 Å². The fourth-order valence-corrected chi connectivity index (χ4v) is 3.17. The number of carbonyl (C=O) groups excluding carboxylic acids is 2. The van der Waals surface area contributed by atoms with E-state index in [1.807, 2.05) is 6.92 Å². The van der Waals surface area contributed by atoms with Gasteiger partial charge in [0.2, 0.25) is 11.8 Å². The van der Waals surface area contributed by atoms with Gasteiger partial charge >= 0.3 is 5.97 Å². The number of aliphatic carboxylic acids is 1. The van der Waals surface area contributed by atoms with Crippen LogP contribution in [0, 0.1) is 0 Å². The first-order chi connectivity index (χ1) is 17.4. The highest BCUT2D eigenvalue weighted by Crippen LogP contribution is 2.10. The second-order valence-corrected chi connectivity index (χ2v) is 8.98. The first-order valence-electron chi connectivity index (χ1n) is 14.5. The van der Waals surface area contributed by atoms with Crippen molar-refractivity contribution in [2.24, 2.45) is 0 Å². The van der Waals surface area contributed by atoms with E-state index in [0.29, 0.717) is 13.0 Å². The molecule has 0 unspecified atom stereocenters. The molecule has 0 aliphatic carbocycles. The number of amides is 2. The zero-order chi connectivity index (χ0) is 27.7. The summed E-state index contributed by atoms with van der Waals surface area (Å²) >= 11 is 0. The van der Waals surface area contributed by atoms with Gasteiger partial charge in [0.05, 0.1) is 0 Å². The molecule has 0 aliphatic heterocycles. The minimum atomic E-state index is -0.981. The number of carboxylic acid groups (broad SMARTS) is 1. The quantitative estimate of drug-likeness (QED) is 0.0993. The van der Waals surface area contributed by atoms with E-state index in [1.165, 1.54) is 96.6 Å². The Balaban J connectivity index is -0.000000635. The molecule has 0 spiro atoms. The maximum atomic E-state index is 11.5. The molecule has 2 amide bonds. The lowest BCUT2D eigenvalue weighted by molar-refractivity contribution is -0.131. The summed E-state index contributed by atoms with van der Waals surface area (Å²) < 4.78 is 0. The smallest absolute Gasteiger partial charge is 0.327 e. The summed E-state index contributed by atoms with van der Waals surface area (Å²) in [5.41, 5.74) is 0. The second-order valence-electron chi connectivity index (χ2n) is 8.98. The van der Waals surface area contributed by atoms with E-state index in [0.717, 1.165) is 19.0 Å². The third kappa shape index (κ3) is 42.3. The van der Waals surface area contributed by atoms with Gasteiger partial charge in [-0.3, -0.25) is 9.59 Å². The Morgan fingerprint density at radius 2 is 1.00 bits per heavy atom. The minimum absolute atomic E-state index is 0.0119. The number of unbranched alkanes of at least 4 members (excludes halogenated alkanes) is 11. The highest BCUT2D eigenvalue weighted by Gasteiger charge is 2.05. The monoisotopic (exact) mass is 513 g/mol. The Morgan fingerprint density at radius 3 is 1.39 bits per heavy atom. The van der Waals surface area contributed by atoms with E-state index in [-0.39, 0.29) is 18.2 Å². The van der Waals surface area contributed by atoms with Crippen LogP contribution in [0.4, 0.5) is 0 Å². The van der Waals surface area contributed by atoms with Gasteiger partial charge in [0.1, 0.15) is 0 Å². The van der Waals surface area contributed by atoms with Crippen LogP contribution in [0.5, 0.6) is 0 Å². The lowest BCUT2D eigenvalue weighted by atomic mass is 10.1. The van der Waals surface area contributed by atoms with Crippen molar-refractivity contribution < 1.29 is 19.5 Å². The maximum Gasteiger partial charge on any atom is 0.327 e. The van der Waals surface area contributed by atoms with Gasteiger partial charge in [-0.1, -0.05) is 98.0 Å². The number of nitrogens with one attached hydrogen (secondary N) is 3. The van der Waals surface area contributed by atoms with E-state index < -0.39 is 5.97 Å². The summed E-state index contributed by atoms with van der Waals surface area (Å²) in [7, 11) is 0. The first-order valence-corrected chi connectivity index (χ1v) is 14.5. The fourth-order valence-electron chi connectivity index (χ4n) is 3.17. The Morgan fingerprint density at radius 1 is 0.611 bits per heavy atom. The van der Waals surface area contributed by atoms with Crippen molar-refractivity contribution in [3.05, 3.63) is 12.7 Å². The minimum Gasteiger partial charge on any atom is -0.478 e. The van der Waals surface area contributed by atoms with Crippen LogP contribution < -0.4 is 16.0 Å². The molecular weight excluding hydrogens is 454 g/mol. The van der Waals surface area contributed by atoms with Crippen LogP contribution >= 0.6 is 0 Å². The molecule has 0 aromatic heterocycles. The molecule has 0 fully saturated rings. The van der Waals surface area contributed by atoms with Gasteiger partial charge in [-0.15, -0.1) is 0 Å². The Kier molecular flexibility index (Phi) is 37.9. The molecule has 0 aromatic carbocycles. The Labute approximate surface area is 222 Å². The first kappa shape index (κ1) is 38.6. The summed E-state index contributed by atoms with van der Waals surface area (Å²) in [6.07, 6.45) is 19.7. The average molecular weight is 514 g/mol. The van der Waals surface area contributed by atoms with Crippen LogP contribution in [-0.2, 0) is 14.4 Å². The second kappa shape index (κ2) is 35.3. The van der Waals surface area contributed by atoms with E-state index in [1.54, 1.807) is 0 Å². The van der Waals surface area contributed by atoms with E-state index in [9.17, 15) is 14.4 Å². The van der Waals surface area contributed by atoms with Crippen LogP contribution in [0.1, 0.15) is 130 Å². The molecule has 0 aromatic rings. The van der Waals surface area contributed by atoms with Gasteiger partial charge in [0.15, 0.2) is 0 Å². The largest absolute Gasteiger partial charge is 0.478 e. The number of carbonyl (C=O) groups is 3. The summed E-state index contributed by atoms with van der Waals surface area (Å²) in [6.45, 7) is 15.3. The van der Waals surface area contributed by atoms with Crippen LogP contribution in [-0.4, -0.2) is 49.1 Å². The highest BCUT2D eigenvalue weighted by atomic mass is 16.4. The van der Waals surface area contributed by atoms with Gasteiger partial charge in [0.25, 0.3) is 0 Å². The van der Waals surface area contributed by atoms with Gasteiger partial charge in [-0.2, -0.15) is 0 Å². The van der Waals surface area contributed by atoms with Crippen molar-refractivity contribution >= 4 is 17.8 Å². The number of hydrogen-bond donors (Lipinski definition) is 4. The third-order valence-corrected chi connectivity index (χ3v) is 5.39. The zero-order valence-corrected chi connectivity index (χ0v) is 24.1. The van der Waals surface area contributed by atoms with Crippen molar-refractivity contribution in [2.45, 2.75) is 130 Å². The zero-order valence-electron chi connectivity index (χ0n) is 24.1. The lowest BCUT2D eigenvalue weighted by Crippen LogP contribution is -2.28. The molecule has 4 N–H and O–H groups in total. The summed E-state index contributed by atoms with van der Waals surface area (Å²) in [5, 5.41) is 16.6. The molecule has 0 aliphatic rings. The van der Waals surface area contributed by atoms with Gasteiger partial charge in [0, 0.05) is 32.0 Å². The summed E-state index contributed by atoms with van der Waals surface area (Å²) in [6, 6.07) is 0. The van der Waals surface area contributed by atoms with E-state index in [2.05, 4.69) is 43.3 Å². The van der Waals surface area contributed by atoms with Crippen LogP contribution in [0.25, 0.3) is 0 Å². The normalized spacial score (nSPS) is 9.78. The van der Waals surface area contributed by atoms with Gasteiger partial charge in [-0.05, 0) is 39.3 Å². The van der Waals surface area contributed by atoms with Crippen molar-refractivity contribution in [1.82, 2.24) is 16.0 Å². The third-order valence-electron chi connectivity index (χ3n) is 5.39. The lowest BCUT2D eigenvalue weighted by Gasteiger charge is -2.05. The predicted octanol–water partition coefficient (Wildman–Crippen LogP) is 6.37. The highest BCUT2D eigenvalue weighted by molar-refractivity contribution is 5.83. The van der Waals surface area contributed by atoms with Gasteiger partial charge < -0.3 is 21.1 Å².